The summed E-state index contributed by atoms with van der Waals surface area (Å²) in [7, 11) is 0. The van der Waals surface area contributed by atoms with Crippen LogP contribution in [0.1, 0.15) is 194 Å². The average molecular weight is 1310 g/mol. The van der Waals surface area contributed by atoms with Crippen LogP contribution < -0.4 is 0 Å². The molecule has 0 aromatic rings. The molecule has 2 aliphatic heterocycles. The van der Waals surface area contributed by atoms with Crippen molar-refractivity contribution in [3.05, 3.63) is 49.1 Å². The average Bonchev–Trinajstić information content (AvgIpc) is 0.978. The molecule has 0 amide bonds. The third-order valence-electron chi connectivity index (χ3n) is 18.7. The van der Waals surface area contributed by atoms with Crippen LogP contribution in [0.25, 0.3) is 0 Å². The molecule has 91 heavy (non-hydrogen) atoms. The molecule has 0 bridgehead atoms. The second kappa shape index (κ2) is 46.3. The van der Waals surface area contributed by atoms with Crippen LogP contribution in [0.2, 0.25) is 0 Å². The maximum atomic E-state index is 11.2. The summed E-state index contributed by atoms with van der Waals surface area (Å²) < 4.78 is 11.6. The summed E-state index contributed by atoms with van der Waals surface area (Å²) in [5, 5.41) is 235. The highest BCUT2D eigenvalue weighted by Crippen LogP contribution is 2.33. The Labute approximate surface area is 540 Å². The minimum atomic E-state index is -1.87. The van der Waals surface area contributed by atoms with Crippen LogP contribution in [0.15, 0.2) is 49.1 Å². The van der Waals surface area contributed by atoms with Gasteiger partial charge in [-0.25, -0.2) is 0 Å². The van der Waals surface area contributed by atoms with Crippen LogP contribution in [0.4, 0.5) is 0 Å². The monoisotopic (exact) mass is 1310 g/mol. The lowest BCUT2D eigenvalue weighted by atomic mass is 9.85. The first-order chi connectivity index (χ1) is 43.0. The number of aliphatic hydroxyl groups excluding tert-OH is 22. The Bertz CT molecular complexity index is 1940. The van der Waals surface area contributed by atoms with Crippen LogP contribution in [-0.4, -0.2) is 272 Å². The van der Waals surface area contributed by atoms with Crippen molar-refractivity contribution in [2.75, 3.05) is 6.61 Å². The summed E-state index contributed by atoms with van der Waals surface area (Å²) in [6.45, 7) is 12.1. The molecule has 0 aromatic carbocycles. The van der Waals surface area contributed by atoms with Gasteiger partial charge in [-0.2, -0.15) is 0 Å². The molecule has 0 aromatic heterocycles. The van der Waals surface area contributed by atoms with E-state index in [1.807, 2.05) is 6.08 Å². The number of unbranched alkanes of at least 4 members (excludes halogenated alkanes) is 7. The van der Waals surface area contributed by atoms with Gasteiger partial charge in [0.15, 0.2) is 0 Å². The highest BCUT2D eigenvalue weighted by molar-refractivity contribution is 5.09. The number of hydrogen-bond donors (Lipinski definition) is 22. The van der Waals surface area contributed by atoms with Crippen molar-refractivity contribution in [1.82, 2.24) is 0 Å². The van der Waals surface area contributed by atoms with E-state index in [1.54, 1.807) is 32.9 Å². The first kappa shape index (κ1) is 85.1. The van der Waals surface area contributed by atoms with Gasteiger partial charge in [-0.15, -0.1) is 0 Å². The summed E-state index contributed by atoms with van der Waals surface area (Å²) in [6, 6.07) is 0. The van der Waals surface area contributed by atoms with Crippen LogP contribution in [0.3, 0.4) is 0 Å². The van der Waals surface area contributed by atoms with E-state index in [4.69, 9.17) is 14.6 Å². The van der Waals surface area contributed by atoms with Gasteiger partial charge in [-0.05, 0) is 152 Å². The van der Waals surface area contributed by atoms with Crippen molar-refractivity contribution in [2.24, 2.45) is 17.8 Å². The normalized spacial score (nSPS) is 28.2. The molecule has 0 saturated carbocycles. The fourth-order valence-corrected chi connectivity index (χ4v) is 12.3. The molecule has 2 aliphatic rings. The molecule has 2 saturated heterocycles. The third kappa shape index (κ3) is 31.4. The summed E-state index contributed by atoms with van der Waals surface area (Å²) in [5.74, 6) is -1.77. The number of rotatable bonds is 51. The first-order valence-electron chi connectivity index (χ1n) is 33.8. The van der Waals surface area contributed by atoms with Gasteiger partial charge in [-0.3, -0.25) is 0 Å². The Hall–Kier alpha value is -2.00. The molecule has 24 heteroatoms. The summed E-state index contributed by atoms with van der Waals surface area (Å²) >= 11 is 0. The maximum absolute atomic E-state index is 11.2. The molecule has 0 spiro atoms. The van der Waals surface area contributed by atoms with Gasteiger partial charge >= 0.3 is 0 Å². The van der Waals surface area contributed by atoms with Crippen molar-refractivity contribution in [3.8, 4) is 0 Å². The fourth-order valence-electron chi connectivity index (χ4n) is 12.3. The van der Waals surface area contributed by atoms with E-state index in [-0.39, 0.29) is 70.0 Å². The molecular weight excluding hydrogens is 1190 g/mol. The van der Waals surface area contributed by atoms with Crippen LogP contribution >= 0.6 is 0 Å². The quantitative estimate of drug-likeness (QED) is 0.0222. The van der Waals surface area contributed by atoms with Crippen molar-refractivity contribution in [3.63, 3.8) is 0 Å². The van der Waals surface area contributed by atoms with Crippen LogP contribution in [0, 0.1) is 17.8 Å². The third-order valence-corrected chi connectivity index (χ3v) is 18.7. The number of aliphatic hydroxyl groups is 22. The smallest absolute Gasteiger partial charge is 0.115 e. The molecule has 0 aliphatic carbocycles. The number of ether oxygens (including phenoxy) is 2. The van der Waals surface area contributed by atoms with Gasteiger partial charge < -0.3 is 122 Å². The van der Waals surface area contributed by atoms with E-state index in [1.165, 1.54) is 6.08 Å². The number of allylic oxidation sites excluding steroid dienone is 4. The minimum absolute atomic E-state index is 0.0220. The highest BCUT2D eigenvalue weighted by Gasteiger charge is 2.49. The zero-order chi connectivity index (χ0) is 68.5. The molecule has 2 heterocycles. The Balaban J connectivity index is 1.79. The topological polar surface area (TPSA) is 464 Å². The number of hydrogen-bond acceptors (Lipinski definition) is 24. The zero-order valence-electron chi connectivity index (χ0n) is 54.4. The van der Waals surface area contributed by atoms with E-state index in [0.29, 0.717) is 64.2 Å². The molecule has 28 atom stereocenters. The van der Waals surface area contributed by atoms with Gasteiger partial charge in [0, 0.05) is 12.8 Å². The molecular formula is C67H124O24. The Morgan fingerprint density at radius 1 is 0.473 bits per heavy atom. The van der Waals surface area contributed by atoms with E-state index in [2.05, 4.69) is 19.2 Å². The van der Waals surface area contributed by atoms with Crippen molar-refractivity contribution in [1.29, 1.82) is 0 Å². The Morgan fingerprint density at radius 2 is 0.989 bits per heavy atom. The van der Waals surface area contributed by atoms with Crippen LogP contribution in [0.5, 0.6) is 0 Å². The second-order valence-corrected chi connectivity index (χ2v) is 26.7. The van der Waals surface area contributed by atoms with Gasteiger partial charge in [0.25, 0.3) is 0 Å². The minimum Gasteiger partial charge on any atom is -0.394 e. The predicted octanol–water partition coefficient (Wildman–Crippen LogP) is 0.388. The molecule has 2 rings (SSSR count). The van der Waals surface area contributed by atoms with Gasteiger partial charge in [0.2, 0.25) is 0 Å². The first-order valence-corrected chi connectivity index (χ1v) is 33.8. The molecule has 536 valence electrons. The molecule has 28 unspecified atom stereocenters. The van der Waals surface area contributed by atoms with E-state index >= 15 is 0 Å². The highest BCUT2D eigenvalue weighted by atomic mass is 16.6. The van der Waals surface area contributed by atoms with E-state index in [0.717, 1.165) is 44.9 Å². The van der Waals surface area contributed by atoms with Crippen molar-refractivity contribution < 1.29 is 122 Å². The molecule has 0 radical (unpaired) electrons. The fraction of sp³-hybridized carbons (Fsp3) is 0.881. The molecule has 2 fully saturated rings. The van der Waals surface area contributed by atoms with Gasteiger partial charge in [0.05, 0.1) is 92.1 Å². The lowest BCUT2D eigenvalue weighted by Gasteiger charge is -2.43. The zero-order valence-corrected chi connectivity index (χ0v) is 54.4. The molecule has 22 N–H and O–H groups in total. The standard InChI is InChI=1S/C67H124O24/c1-6-7-8-9-10-11-12-13-14-15-16-17-29-48(74)60(84)67-61(85)52(78)37-53(91-67)62(86)58(82)41(4)32-34-50(76)66-65(89)64(88)63(87)54(90-66)36-51(77)55(79)39(2)22-18-30-47(73)59(83)57(81)40(3)31-33-49(75)56(80)42(5)35-45(71)27-20-25-43(69)23-19-24-44(70)26-21-28-46(72)38-68/h6-8,17,29,39-40,42-89H,1,4,9-16,18-28,30-38H2,2-3,5H3/b8-7+,29-17+. The van der Waals surface area contributed by atoms with Crippen molar-refractivity contribution in [2.45, 2.75) is 347 Å². The largest absolute Gasteiger partial charge is 0.394 e. The maximum Gasteiger partial charge on any atom is 0.115 e. The summed E-state index contributed by atoms with van der Waals surface area (Å²) in [5.41, 5.74) is -0.0408. The van der Waals surface area contributed by atoms with Crippen molar-refractivity contribution >= 4 is 0 Å². The SMILES string of the molecule is C=C/C=C/CCCCCCCC/C=C/C(O)C(O)C1OC(C(O)C(O)C(=C)CCC(O)C2OC(CC(O)C(O)C(C)CCCC(O)C(O)C(O)C(C)CCC(O)C(O)C(C)CC(O)CCCC(O)CCCC(O)CCCC(O)CO)C(O)C(O)C2O)CC(O)C1O. The predicted molar refractivity (Wildman–Crippen MR) is 340 cm³/mol. The van der Waals surface area contributed by atoms with E-state index in [9.17, 15) is 107 Å². The van der Waals surface area contributed by atoms with Gasteiger partial charge in [0.1, 0.15) is 67.1 Å². The van der Waals surface area contributed by atoms with Crippen LogP contribution in [-0.2, 0) is 9.47 Å². The summed E-state index contributed by atoms with van der Waals surface area (Å²) in [6.07, 6.45) is -14.8. The molecule has 24 nitrogen and oxygen atoms in total. The van der Waals surface area contributed by atoms with E-state index < -0.39 is 177 Å². The summed E-state index contributed by atoms with van der Waals surface area (Å²) in [4.78, 5) is 0. The Kier molecular flexibility index (Phi) is 43.3. The lowest BCUT2D eigenvalue weighted by molar-refractivity contribution is -0.250. The van der Waals surface area contributed by atoms with Gasteiger partial charge in [-0.1, -0.05) is 96.4 Å². The lowest BCUT2D eigenvalue weighted by Crippen LogP contribution is -2.61. The Morgan fingerprint density at radius 3 is 1.57 bits per heavy atom. The second-order valence-electron chi connectivity index (χ2n) is 26.7.